The van der Waals surface area contributed by atoms with Gasteiger partial charge in [-0.25, -0.2) is 5.43 Å². The normalized spacial score (nSPS) is 12.1. The molecule has 0 spiro atoms. The van der Waals surface area contributed by atoms with Crippen LogP contribution in [-0.2, 0) is 12.0 Å². The zero-order valence-electron chi connectivity index (χ0n) is 17.9. The molecule has 4 rings (SSSR count). The second-order valence-corrected chi connectivity index (χ2v) is 8.56. The fraction of sp³-hybridized carbons (Fsp3) is 0.231. The number of hydrazone groups is 1. The summed E-state index contributed by atoms with van der Waals surface area (Å²) >= 11 is 0. The highest BCUT2D eigenvalue weighted by Gasteiger charge is 2.14. The molecule has 0 atom stereocenters. The zero-order valence-corrected chi connectivity index (χ0v) is 17.9. The Morgan fingerprint density at radius 3 is 2.37 bits per heavy atom. The van der Waals surface area contributed by atoms with E-state index in [1.165, 1.54) is 27.4 Å². The lowest BCUT2D eigenvalue weighted by Crippen LogP contribution is -2.18. The van der Waals surface area contributed by atoms with Gasteiger partial charge in [-0.05, 0) is 53.8 Å². The molecule has 0 fully saturated rings. The van der Waals surface area contributed by atoms with E-state index in [1.807, 2.05) is 30.3 Å². The summed E-state index contributed by atoms with van der Waals surface area (Å²) in [5, 5.41) is 6.60. The molecule has 0 aliphatic carbocycles. The van der Waals surface area contributed by atoms with Gasteiger partial charge in [0, 0.05) is 33.9 Å². The molecular formula is C26H27N3O. The molecule has 0 bridgehead atoms. The van der Waals surface area contributed by atoms with Gasteiger partial charge in [0.1, 0.15) is 0 Å². The maximum atomic E-state index is 12.4. The average Bonchev–Trinajstić information content (AvgIpc) is 3.06. The molecule has 4 heteroatoms. The maximum absolute atomic E-state index is 12.4. The summed E-state index contributed by atoms with van der Waals surface area (Å²) < 4.78 is 2.31. The Morgan fingerprint density at radius 1 is 0.967 bits per heavy atom. The summed E-state index contributed by atoms with van der Waals surface area (Å²) in [6.45, 7) is 9.54. The molecule has 0 aliphatic rings. The highest BCUT2D eigenvalue weighted by atomic mass is 16.2. The van der Waals surface area contributed by atoms with Crippen LogP contribution in [-0.4, -0.2) is 16.7 Å². The third-order valence-electron chi connectivity index (χ3n) is 5.51. The van der Waals surface area contributed by atoms with E-state index in [4.69, 9.17) is 0 Å². The summed E-state index contributed by atoms with van der Waals surface area (Å²) in [7, 11) is 0. The van der Waals surface area contributed by atoms with Crippen molar-refractivity contribution in [3.8, 4) is 0 Å². The Kier molecular flexibility index (Phi) is 5.17. The lowest BCUT2D eigenvalue weighted by molar-refractivity contribution is 0.0955. The predicted octanol–water partition coefficient (Wildman–Crippen LogP) is 5.88. The standard InChI is InChI=1S/C26H27N3O/c1-5-29-23-9-7-6-8-21(23)22-16-18(10-15-24(22)29)17-27-28-25(30)19-11-13-20(14-12-19)26(2,3)4/h6-17H,5H2,1-4H3,(H,28,30)/b27-17+. The number of aromatic nitrogens is 1. The number of para-hydroxylation sites is 1. The van der Waals surface area contributed by atoms with E-state index in [1.54, 1.807) is 6.21 Å². The van der Waals surface area contributed by atoms with E-state index in [9.17, 15) is 4.79 Å². The smallest absolute Gasteiger partial charge is 0.271 e. The van der Waals surface area contributed by atoms with Crippen LogP contribution in [0.3, 0.4) is 0 Å². The van der Waals surface area contributed by atoms with E-state index in [0.29, 0.717) is 5.56 Å². The van der Waals surface area contributed by atoms with Crippen molar-refractivity contribution in [3.05, 3.63) is 83.4 Å². The minimum absolute atomic E-state index is 0.0622. The van der Waals surface area contributed by atoms with Crippen molar-refractivity contribution < 1.29 is 4.79 Å². The van der Waals surface area contributed by atoms with Gasteiger partial charge >= 0.3 is 0 Å². The number of benzene rings is 3. The number of amides is 1. The second-order valence-electron chi connectivity index (χ2n) is 8.56. The number of nitrogens with one attached hydrogen (secondary N) is 1. The first-order chi connectivity index (χ1) is 14.4. The van der Waals surface area contributed by atoms with Crippen LogP contribution in [0, 0.1) is 0 Å². The molecule has 0 radical (unpaired) electrons. The van der Waals surface area contributed by atoms with E-state index >= 15 is 0 Å². The Balaban J connectivity index is 1.54. The average molecular weight is 398 g/mol. The quantitative estimate of drug-likeness (QED) is 0.339. The van der Waals surface area contributed by atoms with Gasteiger partial charge < -0.3 is 4.57 Å². The van der Waals surface area contributed by atoms with Crippen LogP contribution in [0.4, 0.5) is 0 Å². The summed E-state index contributed by atoms with van der Waals surface area (Å²) in [6, 6.07) is 22.4. The summed E-state index contributed by atoms with van der Waals surface area (Å²) in [5.74, 6) is -0.213. The predicted molar refractivity (Wildman–Crippen MR) is 125 cm³/mol. The van der Waals surface area contributed by atoms with Crippen molar-refractivity contribution in [1.29, 1.82) is 0 Å². The molecule has 4 aromatic rings. The first-order valence-electron chi connectivity index (χ1n) is 10.3. The van der Waals surface area contributed by atoms with Crippen LogP contribution in [0.5, 0.6) is 0 Å². The molecule has 0 saturated heterocycles. The Labute approximate surface area is 177 Å². The van der Waals surface area contributed by atoms with Crippen LogP contribution >= 0.6 is 0 Å². The van der Waals surface area contributed by atoms with Crippen molar-refractivity contribution in [3.63, 3.8) is 0 Å². The van der Waals surface area contributed by atoms with E-state index in [2.05, 4.69) is 79.2 Å². The molecule has 0 aliphatic heterocycles. The third kappa shape index (κ3) is 3.73. The molecule has 0 saturated carbocycles. The van der Waals surface area contributed by atoms with Gasteiger partial charge in [-0.1, -0.05) is 57.2 Å². The highest BCUT2D eigenvalue weighted by Crippen LogP contribution is 2.29. The summed E-state index contributed by atoms with van der Waals surface area (Å²) in [6.07, 6.45) is 1.69. The lowest BCUT2D eigenvalue weighted by Gasteiger charge is -2.18. The summed E-state index contributed by atoms with van der Waals surface area (Å²) in [4.78, 5) is 12.4. The third-order valence-corrected chi connectivity index (χ3v) is 5.51. The number of fused-ring (bicyclic) bond motifs is 3. The number of nitrogens with zero attached hydrogens (tertiary/aromatic N) is 2. The molecule has 152 valence electrons. The molecule has 4 nitrogen and oxygen atoms in total. The van der Waals surface area contributed by atoms with Gasteiger partial charge in [-0.3, -0.25) is 4.79 Å². The zero-order chi connectivity index (χ0) is 21.3. The topological polar surface area (TPSA) is 46.4 Å². The number of aryl methyl sites for hydroxylation is 1. The van der Waals surface area contributed by atoms with Gasteiger partial charge in [0.2, 0.25) is 0 Å². The van der Waals surface area contributed by atoms with Crippen molar-refractivity contribution in [1.82, 2.24) is 9.99 Å². The molecule has 30 heavy (non-hydrogen) atoms. The molecule has 1 N–H and O–H groups in total. The molecule has 3 aromatic carbocycles. The number of rotatable bonds is 4. The molecule has 1 heterocycles. The van der Waals surface area contributed by atoms with Crippen molar-refractivity contribution in [2.45, 2.75) is 39.7 Å². The van der Waals surface area contributed by atoms with Gasteiger partial charge in [0.15, 0.2) is 0 Å². The van der Waals surface area contributed by atoms with Crippen LogP contribution in [0.1, 0.15) is 49.2 Å². The lowest BCUT2D eigenvalue weighted by atomic mass is 9.87. The van der Waals surface area contributed by atoms with Crippen molar-refractivity contribution in [2.24, 2.45) is 5.10 Å². The molecule has 1 amide bonds. The van der Waals surface area contributed by atoms with Gasteiger partial charge in [0.05, 0.1) is 6.21 Å². The first-order valence-corrected chi connectivity index (χ1v) is 10.3. The summed E-state index contributed by atoms with van der Waals surface area (Å²) in [5.41, 5.74) is 7.88. The number of hydrogen-bond donors (Lipinski definition) is 1. The number of carbonyl (C=O) groups excluding carboxylic acids is 1. The van der Waals surface area contributed by atoms with Gasteiger partial charge in [-0.15, -0.1) is 0 Å². The minimum atomic E-state index is -0.213. The Morgan fingerprint density at radius 2 is 1.67 bits per heavy atom. The largest absolute Gasteiger partial charge is 0.341 e. The SMILES string of the molecule is CCn1c2ccccc2c2cc(/C=N/NC(=O)c3ccc(C(C)(C)C)cc3)ccc21. The monoisotopic (exact) mass is 397 g/mol. The van der Waals surface area contributed by atoms with Crippen LogP contribution in [0.2, 0.25) is 0 Å². The van der Waals surface area contributed by atoms with Crippen molar-refractivity contribution >= 4 is 33.9 Å². The van der Waals surface area contributed by atoms with Gasteiger partial charge in [-0.2, -0.15) is 5.10 Å². The van der Waals surface area contributed by atoms with Crippen LogP contribution in [0.15, 0.2) is 71.8 Å². The fourth-order valence-corrected chi connectivity index (χ4v) is 3.84. The molecule has 1 aromatic heterocycles. The fourth-order valence-electron chi connectivity index (χ4n) is 3.84. The van der Waals surface area contributed by atoms with Crippen LogP contribution in [0.25, 0.3) is 21.8 Å². The number of hydrogen-bond acceptors (Lipinski definition) is 2. The highest BCUT2D eigenvalue weighted by molar-refractivity contribution is 6.09. The maximum Gasteiger partial charge on any atom is 0.271 e. The Hall–Kier alpha value is -3.40. The minimum Gasteiger partial charge on any atom is -0.341 e. The Bertz CT molecular complexity index is 1240. The first kappa shape index (κ1) is 19.9. The molecule has 0 unspecified atom stereocenters. The van der Waals surface area contributed by atoms with Crippen LogP contribution < -0.4 is 5.43 Å². The second kappa shape index (κ2) is 7.79. The van der Waals surface area contributed by atoms with E-state index in [0.717, 1.165) is 12.1 Å². The number of carbonyl (C=O) groups is 1. The van der Waals surface area contributed by atoms with E-state index in [-0.39, 0.29) is 11.3 Å². The van der Waals surface area contributed by atoms with Gasteiger partial charge in [0.25, 0.3) is 5.91 Å². The van der Waals surface area contributed by atoms with Crippen molar-refractivity contribution in [2.75, 3.05) is 0 Å². The molecular weight excluding hydrogens is 370 g/mol. The van der Waals surface area contributed by atoms with E-state index < -0.39 is 0 Å².